The Morgan fingerprint density at radius 3 is 1.21 bits per heavy atom. The van der Waals surface area contributed by atoms with Crippen LogP contribution < -0.4 is 0 Å². The molecule has 2 heteroatoms. The van der Waals surface area contributed by atoms with Crippen molar-refractivity contribution >= 4 is 5.57 Å². The highest BCUT2D eigenvalue weighted by molar-refractivity contribution is 5.84. The van der Waals surface area contributed by atoms with Crippen LogP contribution in [0.25, 0.3) is 94.6 Å². The van der Waals surface area contributed by atoms with E-state index in [0.29, 0.717) is 0 Å². The Kier molecular flexibility index (Phi) is 12.7. The third-order valence-electron chi connectivity index (χ3n) is 12.8. The van der Waals surface area contributed by atoms with Gasteiger partial charge < -0.3 is 0 Å². The van der Waals surface area contributed by atoms with Crippen LogP contribution in [-0.2, 0) is 0 Å². The molecule has 0 N–H and O–H groups in total. The van der Waals surface area contributed by atoms with Gasteiger partial charge in [-0.15, -0.1) is 0 Å². The summed E-state index contributed by atoms with van der Waals surface area (Å²) in [6.07, 6.45) is 6.08. The summed E-state index contributed by atoms with van der Waals surface area (Å²) in [7, 11) is 0. The molecule has 0 saturated carbocycles. The van der Waals surface area contributed by atoms with Crippen LogP contribution in [0.15, 0.2) is 225 Å². The molecular formula is C65H52F2. The maximum Gasteiger partial charge on any atom is 0.124 e. The summed E-state index contributed by atoms with van der Waals surface area (Å²) in [5.74, 6) is -0.581. The summed E-state index contributed by atoms with van der Waals surface area (Å²) in [4.78, 5) is 0. The molecule has 0 amide bonds. The van der Waals surface area contributed by atoms with Crippen LogP contribution in [0.4, 0.5) is 8.78 Å². The number of rotatable bonds is 11. The van der Waals surface area contributed by atoms with Crippen molar-refractivity contribution in [3.63, 3.8) is 0 Å². The van der Waals surface area contributed by atoms with Crippen molar-refractivity contribution in [2.24, 2.45) is 0 Å². The zero-order chi connectivity index (χ0) is 46.6. The Bertz CT molecular complexity index is 3380. The molecule has 67 heavy (non-hydrogen) atoms. The predicted molar refractivity (Wildman–Crippen MR) is 282 cm³/mol. The first kappa shape index (κ1) is 44.3. The fourth-order valence-electron chi connectivity index (χ4n) is 9.21. The smallest absolute Gasteiger partial charge is 0.124 e. The summed E-state index contributed by atoms with van der Waals surface area (Å²) in [6, 6.07) is 65.2. The predicted octanol–water partition coefficient (Wildman–Crippen LogP) is 18.8. The molecule has 9 aromatic rings. The van der Waals surface area contributed by atoms with Crippen molar-refractivity contribution in [3.05, 3.63) is 258 Å². The SMILES string of the molecule is C=C/C(C)=C(\C=C/C)c1ccc(-c2cccc(-c3cc(F)cc(-c4cccc(-c5ccc(-c6cc(F)cc(-c7cccc(-c8ccc(-c9ccccc9C)c(C)c8)c7)c6)cc5)c4)c3)c2)cc1C. The monoisotopic (exact) mass is 870 g/mol. The van der Waals surface area contributed by atoms with Crippen molar-refractivity contribution < 1.29 is 8.78 Å². The molecule has 0 heterocycles. The largest absolute Gasteiger partial charge is 0.207 e. The van der Waals surface area contributed by atoms with E-state index in [-0.39, 0.29) is 11.6 Å². The van der Waals surface area contributed by atoms with Gasteiger partial charge in [0.05, 0.1) is 0 Å². The zero-order valence-corrected chi connectivity index (χ0v) is 38.7. The van der Waals surface area contributed by atoms with Crippen LogP contribution in [0.1, 0.15) is 36.1 Å². The maximum absolute atomic E-state index is 15.5. The van der Waals surface area contributed by atoms with E-state index in [0.717, 1.165) is 89.0 Å². The Balaban J connectivity index is 0.951. The molecule has 0 aliphatic rings. The lowest BCUT2D eigenvalue weighted by Crippen LogP contribution is -1.91. The number of halogens is 2. The van der Waals surface area contributed by atoms with E-state index in [2.05, 4.69) is 168 Å². The first-order chi connectivity index (χ1) is 32.5. The van der Waals surface area contributed by atoms with Crippen LogP contribution in [-0.4, -0.2) is 0 Å². The van der Waals surface area contributed by atoms with E-state index in [4.69, 9.17) is 0 Å². The molecule has 326 valence electrons. The van der Waals surface area contributed by atoms with Gasteiger partial charge in [0, 0.05) is 0 Å². The van der Waals surface area contributed by atoms with E-state index in [1.165, 1.54) is 33.4 Å². The van der Waals surface area contributed by atoms with Crippen LogP contribution in [0.3, 0.4) is 0 Å². The minimum atomic E-state index is -0.294. The molecule has 0 spiro atoms. The molecule has 0 bridgehead atoms. The van der Waals surface area contributed by atoms with Gasteiger partial charge in [0.2, 0.25) is 0 Å². The van der Waals surface area contributed by atoms with Gasteiger partial charge in [-0.05, 0) is 212 Å². The van der Waals surface area contributed by atoms with Crippen molar-refractivity contribution in [3.8, 4) is 89.0 Å². The highest BCUT2D eigenvalue weighted by Crippen LogP contribution is 2.37. The summed E-state index contributed by atoms with van der Waals surface area (Å²) in [5.41, 5.74) is 22.9. The summed E-state index contributed by atoms with van der Waals surface area (Å²) < 4.78 is 30.9. The number of allylic oxidation sites excluding steroid dienone is 5. The molecule has 0 fully saturated rings. The van der Waals surface area contributed by atoms with Crippen LogP contribution in [0.2, 0.25) is 0 Å². The van der Waals surface area contributed by atoms with Gasteiger partial charge in [-0.1, -0.05) is 164 Å². The normalized spacial score (nSPS) is 11.7. The van der Waals surface area contributed by atoms with E-state index in [1.54, 1.807) is 24.3 Å². The third-order valence-corrected chi connectivity index (χ3v) is 12.8. The highest BCUT2D eigenvalue weighted by atomic mass is 19.1. The Morgan fingerprint density at radius 2 is 0.746 bits per heavy atom. The Morgan fingerprint density at radius 1 is 0.373 bits per heavy atom. The van der Waals surface area contributed by atoms with Crippen molar-refractivity contribution in [1.82, 2.24) is 0 Å². The van der Waals surface area contributed by atoms with Gasteiger partial charge in [-0.25, -0.2) is 8.78 Å². The van der Waals surface area contributed by atoms with Crippen molar-refractivity contribution in [2.75, 3.05) is 0 Å². The summed E-state index contributed by atoms with van der Waals surface area (Å²) in [5, 5.41) is 0. The average molecular weight is 871 g/mol. The van der Waals surface area contributed by atoms with Crippen LogP contribution >= 0.6 is 0 Å². The maximum atomic E-state index is 15.5. The number of aryl methyl sites for hydroxylation is 3. The quantitative estimate of drug-likeness (QED) is 0.114. The molecule has 0 aliphatic carbocycles. The topological polar surface area (TPSA) is 0 Å². The Hall–Kier alpha value is -7.94. The van der Waals surface area contributed by atoms with Gasteiger partial charge in [-0.3, -0.25) is 0 Å². The number of hydrogen-bond acceptors (Lipinski definition) is 0. The lowest BCUT2D eigenvalue weighted by molar-refractivity contribution is 0.628. The minimum absolute atomic E-state index is 0.288. The molecule has 0 atom stereocenters. The first-order valence-corrected chi connectivity index (χ1v) is 22.8. The van der Waals surface area contributed by atoms with Crippen LogP contribution in [0.5, 0.6) is 0 Å². The first-order valence-electron chi connectivity index (χ1n) is 22.8. The van der Waals surface area contributed by atoms with Gasteiger partial charge in [0.1, 0.15) is 11.6 Å². The standard InChI is InChI=1S/C65H52F2/c1-7-14-62(42(3)8-2)64-29-27-54(31-44(64)5)50-18-13-21-53(35-50)59-37-58(40-61(67)41-59)51-19-11-16-48(33-51)46-23-25-47(26-24-46)56-36-57(39-60(66)38-56)52-20-12-17-49(34-52)55-28-30-65(45(6)32-55)63-22-10-9-15-43(63)4/h7-41H,2H2,1,3-6H3/b14-7-,62-42+. The van der Waals surface area contributed by atoms with Gasteiger partial charge in [-0.2, -0.15) is 0 Å². The van der Waals surface area contributed by atoms with E-state index in [1.807, 2.05) is 61.5 Å². The van der Waals surface area contributed by atoms with Gasteiger partial charge in [0.25, 0.3) is 0 Å². The summed E-state index contributed by atoms with van der Waals surface area (Å²) in [6.45, 7) is 14.5. The second-order valence-electron chi connectivity index (χ2n) is 17.5. The number of hydrogen-bond donors (Lipinski definition) is 0. The molecule has 0 aromatic heterocycles. The number of benzene rings is 9. The third kappa shape index (κ3) is 9.57. The molecule has 9 aromatic carbocycles. The fourth-order valence-corrected chi connectivity index (χ4v) is 9.21. The lowest BCUT2D eigenvalue weighted by Gasteiger charge is -2.13. The minimum Gasteiger partial charge on any atom is -0.207 e. The van der Waals surface area contributed by atoms with Crippen LogP contribution in [0, 0.1) is 32.4 Å². The molecule has 9 rings (SSSR count). The fraction of sp³-hybridized carbons (Fsp3) is 0.0769. The van der Waals surface area contributed by atoms with Gasteiger partial charge in [0.15, 0.2) is 0 Å². The average Bonchev–Trinajstić information content (AvgIpc) is 3.35. The second kappa shape index (κ2) is 19.3. The molecule has 0 aliphatic heterocycles. The molecule has 0 nitrogen and oxygen atoms in total. The van der Waals surface area contributed by atoms with Crippen molar-refractivity contribution in [1.29, 1.82) is 0 Å². The molecule has 0 unspecified atom stereocenters. The van der Waals surface area contributed by atoms with E-state index < -0.39 is 0 Å². The van der Waals surface area contributed by atoms with E-state index >= 15 is 8.78 Å². The van der Waals surface area contributed by atoms with Crippen molar-refractivity contribution in [2.45, 2.75) is 34.6 Å². The molecule has 0 saturated heterocycles. The second-order valence-corrected chi connectivity index (χ2v) is 17.5. The van der Waals surface area contributed by atoms with E-state index in [9.17, 15) is 0 Å². The lowest BCUT2D eigenvalue weighted by atomic mass is 9.91. The highest BCUT2D eigenvalue weighted by Gasteiger charge is 2.13. The summed E-state index contributed by atoms with van der Waals surface area (Å²) >= 11 is 0. The molecule has 0 radical (unpaired) electrons. The Labute approximate surface area is 394 Å². The molecular weight excluding hydrogens is 819 g/mol. The zero-order valence-electron chi connectivity index (χ0n) is 38.7. The van der Waals surface area contributed by atoms with Gasteiger partial charge >= 0.3 is 0 Å².